The second-order valence-electron chi connectivity index (χ2n) is 4.40. The van der Waals surface area contributed by atoms with Gasteiger partial charge in [0, 0.05) is 6.07 Å². The van der Waals surface area contributed by atoms with E-state index in [9.17, 15) is 13.5 Å². The van der Waals surface area contributed by atoms with E-state index < -0.39 is 10.0 Å². The number of aromatic hydroxyl groups is 1. The van der Waals surface area contributed by atoms with Gasteiger partial charge in [0.25, 0.3) is 10.0 Å². The number of halogens is 1. The molecule has 0 bridgehead atoms. The third-order valence-electron chi connectivity index (χ3n) is 2.89. The van der Waals surface area contributed by atoms with E-state index in [2.05, 4.69) is 4.72 Å². The van der Waals surface area contributed by atoms with Gasteiger partial charge in [-0.3, -0.25) is 4.72 Å². The minimum absolute atomic E-state index is 0.00775. The zero-order valence-corrected chi connectivity index (χ0v) is 13.0. The summed E-state index contributed by atoms with van der Waals surface area (Å²) in [6.07, 6.45) is 0. The molecular weight excluding hydrogens is 314 g/mol. The monoisotopic (exact) mass is 327 g/mol. The Balaban J connectivity index is 2.33. The van der Waals surface area contributed by atoms with Gasteiger partial charge in [0.2, 0.25) is 0 Å². The number of hydrogen-bond donors (Lipinski definition) is 2. The summed E-state index contributed by atoms with van der Waals surface area (Å²) in [4.78, 5) is 0.00775. The molecule has 0 saturated heterocycles. The van der Waals surface area contributed by atoms with Crippen molar-refractivity contribution >= 4 is 27.3 Å². The van der Waals surface area contributed by atoms with Crippen molar-refractivity contribution in [1.82, 2.24) is 0 Å². The number of hydrogen-bond acceptors (Lipinski definition) is 4. The maximum atomic E-state index is 12.3. The van der Waals surface area contributed by atoms with Gasteiger partial charge in [0.05, 0.1) is 22.7 Å². The summed E-state index contributed by atoms with van der Waals surface area (Å²) < 4.78 is 31.9. The average molecular weight is 328 g/mol. The lowest BCUT2D eigenvalue weighted by molar-refractivity contribution is 0.414. The summed E-state index contributed by atoms with van der Waals surface area (Å²) in [5.41, 5.74) is 0.926. The quantitative estimate of drug-likeness (QED) is 0.904. The van der Waals surface area contributed by atoms with E-state index in [-0.39, 0.29) is 21.4 Å². The van der Waals surface area contributed by atoms with Crippen LogP contribution in [0.25, 0.3) is 0 Å². The second-order valence-corrected chi connectivity index (χ2v) is 6.49. The molecule has 0 aromatic heterocycles. The van der Waals surface area contributed by atoms with E-state index in [1.54, 1.807) is 19.1 Å². The van der Waals surface area contributed by atoms with Crippen LogP contribution in [0.15, 0.2) is 41.3 Å². The highest BCUT2D eigenvalue weighted by atomic mass is 35.5. The van der Waals surface area contributed by atoms with Gasteiger partial charge in [0.1, 0.15) is 11.5 Å². The molecule has 112 valence electrons. The van der Waals surface area contributed by atoms with E-state index in [0.29, 0.717) is 11.3 Å². The number of benzene rings is 2. The van der Waals surface area contributed by atoms with Gasteiger partial charge in [-0.2, -0.15) is 0 Å². The summed E-state index contributed by atoms with van der Waals surface area (Å²) in [5.74, 6) is 0.409. The molecule has 0 atom stereocenters. The zero-order chi connectivity index (χ0) is 15.6. The molecule has 0 aliphatic heterocycles. The Kier molecular flexibility index (Phi) is 4.29. The fraction of sp³-hybridized carbons (Fsp3) is 0.143. The minimum Gasteiger partial charge on any atom is -0.508 e. The van der Waals surface area contributed by atoms with Crippen molar-refractivity contribution < 1.29 is 18.3 Å². The topological polar surface area (TPSA) is 75.6 Å². The van der Waals surface area contributed by atoms with E-state index in [4.69, 9.17) is 16.3 Å². The molecule has 2 aromatic carbocycles. The lowest BCUT2D eigenvalue weighted by atomic mass is 10.2. The van der Waals surface area contributed by atoms with Gasteiger partial charge in [-0.15, -0.1) is 0 Å². The molecule has 0 fully saturated rings. The lowest BCUT2D eigenvalue weighted by Gasteiger charge is -2.10. The maximum absolute atomic E-state index is 12.3. The SMILES string of the molecule is COc1ccc(S(=O)(=O)Nc2ccc(C)c(O)c2)cc1Cl. The molecule has 21 heavy (non-hydrogen) atoms. The van der Waals surface area contributed by atoms with Gasteiger partial charge in [-0.25, -0.2) is 8.42 Å². The highest BCUT2D eigenvalue weighted by Gasteiger charge is 2.16. The maximum Gasteiger partial charge on any atom is 0.261 e. The van der Waals surface area contributed by atoms with E-state index in [1.807, 2.05) is 0 Å². The smallest absolute Gasteiger partial charge is 0.261 e. The highest BCUT2D eigenvalue weighted by Crippen LogP contribution is 2.28. The van der Waals surface area contributed by atoms with Crippen LogP contribution in [0, 0.1) is 6.92 Å². The summed E-state index contributed by atoms with van der Waals surface area (Å²) in [7, 11) is -2.34. The van der Waals surface area contributed by atoms with Crippen molar-refractivity contribution in [2.45, 2.75) is 11.8 Å². The molecule has 0 unspecified atom stereocenters. The first-order chi connectivity index (χ1) is 9.83. The van der Waals surface area contributed by atoms with Crippen LogP contribution >= 0.6 is 11.6 Å². The number of sulfonamides is 1. The summed E-state index contributed by atoms with van der Waals surface area (Å²) >= 11 is 5.93. The van der Waals surface area contributed by atoms with Gasteiger partial charge in [-0.05, 0) is 36.8 Å². The standard InChI is InChI=1S/C14H14ClNO4S/c1-9-3-4-10(7-13(9)17)16-21(18,19)11-5-6-14(20-2)12(15)8-11/h3-8,16-17H,1-2H3. The molecule has 0 aliphatic carbocycles. The number of nitrogens with one attached hydrogen (secondary N) is 1. The second kappa shape index (κ2) is 5.83. The van der Waals surface area contributed by atoms with Gasteiger partial charge >= 0.3 is 0 Å². The number of anilines is 1. The van der Waals surface area contributed by atoms with Crippen LogP contribution in [0.3, 0.4) is 0 Å². The number of rotatable bonds is 4. The predicted molar refractivity (Wildman–Crippen MR) is 81.7 cm³/mol. The molecule has 0 spiro atoms. The molecule has 2 N–H and O–H groups in total. The predicted octanol–water partition coefficient (Wildman–Crippen LogP) is 3.16. The minimum atomic E-state index is -3.79. The highest BCUT2D eigenvalue weighted by molar-refractivity contribution is 7.92. The van der Waals surface area contributed by atoms with Crippen molar-refractivity contribution in [2.24, 2.45) is 0 Å². The molecule has 0 radical (unpaired) electrons. The summed E-state index contributed by atoms with van der Waals surface area (Å²) in [5, 5.41) is 9.81. The number of ether oxygens (including phenoxy) is 1. The molecule has 7 heteroatoms. The Morgan fingerprint density at radius 1 is 1.19 bits per heavy atom. The molecule has 0 amide bonds. The largest absolute Gasteiger partial charge is 0.508 e. The number of methoxy groups -OCH3 is 1. The van der Waals surface area contributed by atoms with E-state index >= 15 is 0 Å². The van der Waals surface area contributed by atoms with Crippen LogP contribution in [0.2, 0.25) is 5.02 Å². The third-order valence-corrected chi connectivity index (χ3v) is 4.57. The van der Waals surface area contributed by atoms with Gasteiger partial charge in [-0.1, -0.05) is 17.7 Å². The molecule has 0 aliphatic rings. The van der Waals surface area contributed by atoms with Crippen LogP contribution in [-0.2, 0) is 10.0 Å². The average Bonchev–Trinajstić information content (AvgIpc) is 2.42. The number of phenolic OH excluding ortho intramolecular Hbond substituents is 1. The van der Waals surface area contributed by atoms with Gasteiger partial charge in [0.15, 0.2) is 0 Å². The first-order valence-corrected chi connectivity index (χ1v) is 7.85. The molecule has 5 nitrogen and oxygen atoms in total. The van der Waals surface area contributed by atoms with Crippen molar-refractivity contribution in [1.29, 1.82) is 0 Å². The first-order valence-electron chi connectivity index (χ1n) is 5.99. The van der Waals surface area contributed by atoms with Crippen LogP contribution in [0.1, 0.15) is 5.56 Å². The Bertz CT molecular complexity index is 775. The van der Waals surface area contributed by atoms with Crippen LogP contribution in [0.5, 0.6) is 11.5 Å². The molecule has 0 heterocycles. The summed E-state index contributed by atoms with van der Waals surface area (Å²) in [6, 6.07) is 8.70. The fourth-order valence-corrected chi connectivity index (χ4v) is 3.10. The van der Waals surface area contributed by atoms with Crippen LogP contribution < -0.4 is 9.46 Å². The fourth-order valence-electron chi connectivity index (χ4n) is 1.70. The van der Waals surface area contributed by atoms with E-state index in [0.717, 1.165) is 0 Å². The van der Waals surface area contributed by atoms with E-state index in [1.165, 1.54) is 31.4 Å². The van der Waals surface area contributed by atoms with Crippen molar-refractivity contribution in [3.8, 4) is 11.5 Å². The Morgan fingerprint density at radius 2 is 1.90 bits per heavy atom. The molecule has 2 rings (SSSR count). The molecule has 2 aromatic rings. The lowest BCUT2D eigenvalue weighted by Crippen LogP contribution is -2.13. The molecular formula is C14H14ClNO4S. The summed E-state index contributed by atoms with van der Waals surface area (Å²) in [6.45, 7) is 1.72. The number of phenols is 1. The van der Waals surface area contributed by atoms with Crippen molar-refractivity contribution in [2.75, 3.05) is 11.8 Å². The zero-order valence-electron chi connectivity index (χ0n) is 11.4. The van der Waals surface area contributed by atoms with Crippen LogP contribution in [0.4, 0.5) is 5.69 Å². The van der Waals surface area contributed by atoms with Crippen molar-refractivity contribution in [3.63, 3.8) is 0 Å². The number of aryl methyl sites for hydroxylation is 1. The third kappa shape index (κ3) is 3.40. The Morgan fingerprint density at radius 3 is 2.48 bits per heavy atom. The Hall–Kier alpha value is -1.92. The van der Waals surface area contributed by atoms with Crippen molar-refractivity contribution in [3.05, 3.63) is 47.0 Å². The Labute approximate surface area is 128 Å². The van der Waals surface area contributed by atoms with Gasteiger partial charge < -0.3 is 9.84 Å². The first kappa shape index (κ1) is 15.5. The van der Waals surface area contributed by atoms with Crippen LogP contribution in [-0.4, -0.2) is 20.6 Å². The molecule has 0 saturated carbocycles. The normalized spacial score (nSPS) is 11.2.